The summed E-state index contributed by atoms with van der Waals surface area (Å²) in [5.74, 6) is 1.62. The molecule has 0 unspecified atom stereocenters. The molecular formula is C27H30FN5O. The first-order chi connectivity index (χ1) is 16.4. The Balaban J connectivity index is 1.65. The normalized spacial score (nSPS) is 15.0. The van der Waals surface area contributed by atoms with Crippen LogP contribution in [0.1, 0.15) is 6.92 Å². The Morgan fingerprint density at radius 2 is 1.97 bits per heavy atom. The maximum atomic E-state index is 13.5. The van der Waals surface area contributed by atoms with Gasteiger partial charge in [0.05, 0.1) is 6.61 Å². The van der Waals surface area contributed by atoms with E-state index in [1.165, 1.54) is 12.1 Å². The molecule has 1 saturated heterocycles. The minimum Gasteiger partial charge on any atom is -0.491 e. The smallest absolute Gasteiger partial charge is 0.146 e. The maximum Gasteiger partial charge on any atom is 0.146 e. The first kappa shape index (κ1) is 23.6. The van der Waals surface area contributed by atoms with Gasteiger partial charge in [-0.3, -0.25) is 4.99 Å². The SMILES string of the molecule is C=C(/C=C\C(C)=N/C)CNc1ncnc2c(OCC3CN(C)C3)cc(-c3ccc(F)cc3)cc12. The van der Waals surface area contributed by atoms with E-state index in [0.29, 0.717) is 30.6 Å². The molecule has 1 aliphatic rings. The Hall–Kier alpha value is -3.58. The summed E-state index contributed by atoms with van der Waals surface area (Å²) in [6.07, 6.45) is 5.41. The zero-order valence-electron chi connectivity index (χ0n) is 19.9. The average molecular weight is 460 g/mol. The van der Waals surface area contributed by atoms with E-state index in [1.807, 2.05) is 31.2 Å². The van der Waals surface area contributed by atoms with Gasteiger partial charge in [0.25, 0.3) is 0 Å². The number of likely N-dealkylation sites (tertiary alicyclic amines) is 1. The molecule has 34 heavy (non-hydrogen) atoms. The zero-order chi connectivity index (χ0) is 24.1. The van der Waals surface area contributed by atoms with E-state index in [4.69, 9.17) is 4.74 Å². The molecular weight excluding hydrogens is 429 g/mol. The highest BCUT2D eigenvalue weighted by atomic mass is 19.1. The molecule has 176 valence electrons. The molecule has 0 amide bonds. The van der Waals surface area contributed by atoms with Crippen molar-refractivity contribution in [1.29, 1.82) is 0 Å². The molecule has 0 bridgehead atoms. The van der Waals surface area contributed by atoms with Crippen LogP contribution in [0.4, 0.5) is 10.2 Å². The summed E-state index contributed by atoms with van der Waals surface area (Å²) in [6.45, 7) is 9.23. The van der Waals surface area contributed by atoms with Gasteiger partial charge in [0.2, 0.25) is 0 Å². The number of halogens is 1. The first-order valence-electron chi connectivity index (χ1n) is 11.3. The zero-order valence-corrected chi connectivity index (χ0v) is 19.9. The van der Waals surface area contributed by atoms with Crippen molar-refractivity contribution >= 4 is 22.4 Å². The number of ether oxygens (including phenoxy) is 1. The lowest BCUT2D eigenvalue weighted by molar-refractivity contribution is 0.0863. The van der Waals surface area contributed by atoms with Crippen LogP contribution < -0.4 is 10.1 Å². The fraction of sp³-hybridized carbons (Fsp3) is 0.296. The van der Waals surface area contributed by atoms with Crippen LogP contribution in [0.25, 0.3) is 22.0 Å². The largest absolute Gasteiger partial charge is 0.491 e. The lowest BCUT2D eigenvalue weighted by Gasteiger charge is -2.35. The molecule has 0 aliphatic carbocycles. The second kappa shape index (κ2) is 10.6. The van der Waals surface area contributed by atoms with Gasteiger partial charge in [-0.05, 0) is 61.0 Å². The van der Waals surface area contributed by atoms with Crippen molar-refractivity contribution in [1.82, 2.24) is 14.9 Å². The fourth-order valence-corrected chi connectivity index (χ4v) is 3.91. The van der Waals surface area contributed by atoms with E-state index >= 15 is 0 Å². The van der Waals surface area contributed by atoms with E-state index in [0.717, 1.165) is 46.4 Å². The topological polar surface area (TPSA) is 62.6 Å². The third kappa shape index (κ3) is 5.66. The van der Waals surface area contributed by atoms with Crippen LogP contribution in [0.5, 0.6) is 5.75 Å². The quantitative estimate of drug-likeness (QED) is 0.361. The Morgan fingerprint density at radius 1 is 1.21 bits per heavy atom. The molecule has 1 aliphatic heterocycles. The van der Waals surface area contributed by atoms with E-state index < -0.39 is 0 Å². The van der Waals surface area contributed by atoms with Crippen LogP contribution in [0.2, 0.25) is 0 Å². The molecule has 1 fully saturated rings. The Kier molecular flexibility index (Phi) is 7.33. The van der Waals surface area contributed by atoms with Crippen molar-refractivity contribution in [3.8, 4) is 16.9 Å². The first-order valence-corrected chi connectivity index (χ1v) is 11.3. The molecule has 2 heterocycles. The third-order valence-corrected chi connectivity index (χ3v) is 5.89. The molecule has 1 N–H and O–H groups in total. The van der Waals surface area contributed by atoms with Gasteiger partial charge in [-0.2, -0.15) is 0 Å². The summed E-state index contributed by atoms with van der Waals surface area (Å²) in [7, 11) is 3.86. The summed E-state index contributed by atoms with van der Waals surface area (Å²) in [5, 5.41) is 4.21. The number of nitrogens with one attached hydrogen (secondary N) is 1. The second-order valence-electron chi connectivity index (χ2n) is 8.71. The number of nitrogens with zero attached hydrogens (tertiary/aromatic N) is 4. The lowest BCUT2D eigenvalue weighted by Crippen LogP contribution is -2.46. The van der Waals surface area contributed by atoms with Gasteiger partial charge in [-0.1, -0.05) is 24.8 Å². The Labute approximate surface area is 199 Å². The summed E-state index contributed by atoms with van der Waals surface area (Å²) in [5.41, 5.74) is 4.38. The van der Waals surface area contributed by atoms with Crippen molar-refractivity contribution in [2.75, 3.05) is 45.7 Å². The Bertz CT molecular complexity index is 1230. The minimum absolute atomic E-state index is 0.268. The predicted molar refractivity (Wildman–Crippen MR) is 137 cm³/mol. The van der Waals surface area contributed by atoms with E-state index in [2.05, 4.69) is 38.8 Å². The molecule has 4 rings (SSSR count). The number of benzene rings is 2. The summed E-state index contributed by atoms with van der Waals surface area (Å²) >= 11 is 0. The van der Waals surface area contributed by atoms with Crippen LogP contribution >= 0.6 is 0 Å². The minimum atomic E-state index is -0.268. The van der Waals surface area contributed by atoms with Gasteiger partial charge < -0.3 is 15.0 Å². The highest BCUT2D eigenvalue weighted by Gasteiger charge is 2.24. The van der Waals surface area contributed by atoms with Crippen LogP contribution in [0.15, 0.2) is 72.0 Å². The van der Waals surface area contributed by atoms with Gasteiger partial charge in [0.1, 0.15) is 29.2 Å². The van der Waals surface area contributed by atoms with Gasteiger partial charge in [-0.15, -0.1) is 0 Å². The van der Waals surface area contributed by atoms with E-state index in [-0.39, 0.29) is 5.82 Å². The predicted octanol–water partition coefficient (Wildman–Crippen LogP) is 4.99. The second-order valence-corrected chi connectivity index (χ2v) is 8.71. The summed E-state index contributed by atoms with van der Waals surface area (Å²) in [4.78, 5) is 15.4. The number of rotatable bonds is 9. The number of hydrogen-bond donors (Lipinski definition) is 1. The van der Waals surface area contributed by atoms with Crippen LogP contribution in [0, 0.1) is 11.7 Å². The molecule has 2 aromatic carbocycles. The standard InChI is InChI=1S/C27H30FN5O/c1-18(5-6-19(2)29-3)13-30-27-24-11-22(21-7-9-23(28)10-8-21)12-25(26(24)31-17-32-27)34-16-20-14-33(4)15-20/h5-12,17,20H,1,13-16H2,2-4H3,(H,30,31,32)/b6-5-,29-19-. The van der Waals surface area contributed by atoms with Crippen LogP contribution in [-0.2, 0) is 0 Å². The maximum absolute atomic E-state index is 13.5. The van der Waals surface area contributed by atoms with Crippen molar-refractivity contribution < 1.29 is 9.13 Å². The van der Waals surface area contributed by atoms with Crippen molar-refractivity contribution in [2.45, 2.75) is 6.92 Å². The fourth-order valence-electron chi connectivity index (χ4n) is 3.91. The summed E-state index contributed by atoms with van der Waals surface area (Å²) < 4.78 is 19.8. The van der Waals surface area contributed by atoms with E-state index in [9.17, 15) is 4.39 Å². The number of allylic oxidation sites excluding steroid dienone is 1. The monoisotopic (exact) mass is 459 g/mol. The van der Waals surface area contributed by atoms with Gasteiger partial charge in [-0.25, -0.2) is 14.4 Å². The molecule has 7 heteroatoms. The van der Waals surface area contributed by atoms with Gasteiger partial charge in [0.15, 0.2) is 0 Å². The number of hydrogen-bond acceptors (Lipinski definition) is 6. The van der Waals surface area contributed by atoms with Crippen LogP contribution in [-0.4, -0.2) is 60.9 Å². The summed E-state index contributed by atoms with van der Waals surface area (Å²) in [6, 6.07) is 10.4. The van der Waals surface area contributed by atoms with E-state index in [1.54, 1.807) is 25.5 Å². The van der Waals surface area contributed by atoms with Crippen molar-refractivity contribution in [3.05, 3.63) is 72.8 Å². The van der Waals surface area contributed by atoms with Gasteiger partial charge in [0, 0.05) is 43.7 Å². The molecule has 0 radical (unpaired) electrons. The molecule has 0 saturated carbocycles. The Morgan fingerprint density at radius 3 is 2.68 bits per heavy atom. The average Bonchev–Trinajstić information content (AvgIpc) is 2.83. The number of fused-ring (bicyclic) bond motifs is 1. The lowest BCUT2D eigenvalue weighted by atomic mass is 10.0. The molecule has 0 atom stereocenters. The molecule has 1 aromatic heterocycles. The van der Waals surface area contributed by atoms with Crippen molar-refractivity contribution in [3.63, 3.8) is 0 Å². The highest BCUT2D eigenvalue weighted by Crippen LogP contribution is 2.35. The van der Waals surface area contributed by atoms with Crippen LogP contribution in [0.3, 0.4) is 0 Å². The third-order valence-electron chi connectivity index (χ3n) is 5.89. The molecule has 3 aromatic rings. The number of aromatic nitrogens is 2. The highest BCUT2D eigenvalue weighted by molar-refractivity contribution is 5.96. The molecule has 6 nitrogen and oxygen atoms in total. The molecule has 0 spiro atoms. The van der Waals surface area contributed by atoms with Crippen molar-refractivity contribution in [2.24, 2.45) is 10.9 Å². The van der Waals surface area contributed by atoms with Gasteiger partial charge >= 0.3 is 0 Å². The number of aliphatic imine (C=N–C) groups is 1. The number of anilines is 1.